The van der Waals surface area contributed by atoms with Crippen molar-refractivity contribution in [3.63, 3.8) is 0 Å². The van der Waals surface area contributed by atoms with E-state index >= 15 is 0 Å². The Bertz CT molecular complexity index is 715. The predicted octanol–water partition coefficient (Wildman–Crippen LogP) is 3.52. The van der Waals surface area contributed by atoms with E-state index < -0.39 is 0 Å². The largest absolute Gasteiger partial charge is 0.462 e. The van der Waals surface area contributed by atoms with E-state index in [1.807, 2.05) is 13.1 Å². The molecule has 4 aliphatic carbocycles. The lowest BCUT2D eigenvalue weighted by molar-refractivity contribution is -0.157. The van der Waals surface area contributed by atoms with E-state index in [0.717, 1.165) is 51.4 Å². The fraction of sp³-hybridized carbons (Fsp3) is 0.783. The highest BCUT2D eigenvalue weighted by molar-refractivity contribution is 5.91. The van der Waals surface area contributed by atoms with Gasteiger partial charge in [-0.15, -0.1) is 0 Å². The first-order chi connectivity index (χ1) is 13.3. The zero-order chi connectivity index (χ0) is 20.1. The number of amides is 1. The summed E-state index contributed by atoms with van der Waals surface area (Å²) in [6.45, 7) is 4.56. The van der Waals surface area contributed by atoms with Gasteiger partial charge in [0.1, 0.15) is 6.10 Å². The summed E-state index contributed by atoms with van der Waals surface area (Å²) in [7, 11) is 1.86. The second-order valence-corrected chi connectivity index (χ2v) is 9.95. The Morgan fingerprint density at radius 1 is 1.21 bits per heavy atom. The minimum Gasteiger partial charge on any atom is -0.462 e. The molecule has 1 unspecified atom stereocenters. The summed E-state index contributed by atoms with van der Waals surface area (Å²) in [6, 6.07) is 0. The van der Waals surface area contributed by atoms with Crippen LogP contribution in [-0.4, -0.2) is 42.8 Å². The van der Waals surface area contributed by atoms with Gasteiger partial charge >= 0.3 is 5.97 Å². The van der Waals surface area contributed by atoms with Crippen LogP contribution < -0.4 is 0 Å². The zero-order valence-electron chi connectivity index (χ0n) is 17.4. The topological polar surface area (TPSA) is 63.7 Å². The van der Waals surface area contributed by atoms with Crippen molar-refractivity contribution < 1.29 is 19.1 Å². The van der Waals surface area contributed by atoms with E-state index in [9.17, 15) is 14.4 Å². The molecule has 5 heteroatoms. The van der Waals surface area contributed by atoms with E-state index in [4.69, 9.17) is 4.74 Å². The Balaban J connectivity index is 1.67. The summed E-state index contributed by atoms with van der Waals surface area (Å²) < 4.78 is 5.74. The molecule has 3 fully saturated rings. The van der Waals surface area contributed by atoms with E-state index in [-0.39, 0.29) is 28.7 Å². The first-order valence-corrected chi connectivity index (χ1v) is 10.9. The minimum atomic E-state index is -0.169. The van der Waals surface area contributed by atoms with Gasteiger partial charge < -0.3 is 9.64 Å². The summed E-state index contributed by atoms with van der Waals surface area (Å²) in [4.78, 5) is 37.0. The smallest absolute Gasteiger partial charge is 0.302 e. The zero-order valence-corrected chi connectivity index (χ0v) is 17.4. The highest BCUT2D eigenvalue weighted by atomic mass is 16.5. The number of carbonyl (C=O) groups excluding carboxylic acids is 3. The quantitative estimate of drug-likeness (QED) is 0.547. The number of hydrogen-bond acceptors (Lipinski definition) is 4. The second kappa shape index (κ2) is 7.00. The van der Waals surface area contributed by atoms with Gasteiger partial charge in [-0.05, 0) is 68.8 Å². The summed E-state index contributed by atoms with van der Waals surface area (Å²) in [5.74, 6) is 1.74. The van der Waals surface area contributed by atoms with E-state index in [1.165, 1.54) is 12.5 Å². The first-order valence-electron chi connectivity index (χ1n) is 10.9. The molecule has 154 valence electrons. The van der Waals surface area contributed by atoms with Crippen molar-refractivity contribution in [1.82, 2.24) is 4.90 Å². The van der Waals surface area contributed by atoms with Crippen molar-refractivity contribution in [2.45, 2.75) is 71.3 Å². The third kappa shape index (κ3) is 2.93. The van der Waals surface area contributed by atoms with Crippen LogP contribution in [0.25, 0.3) is 0 Å². The van der Waals surface area contributed by atoms with E-state index in [0.29, 0.717) is 30.7 Å². The molecule has 0 aromatic rings. The SMILES string of the molecule is CC(=O)OC1CC[C@H]2[C@@H]3CCC4=CC(=O)CC[C@]4(CN(C)C=O)[C@H]3CC[C@]12C. The molecular formula is C23H33NO4. The molecule has 0 radical (unpaired) electrons. The third-order valence-electron chi connectivity index (χ3n) is 8.62. The molecule has 0 saturated heterocycles. The number of ether oxygens (including phenoxy) is 1. The maximum absolute atomic E-state index is 12.1. The Morgan fingerprint density at radius 2 is 2.00 bits per heavy atom. The summed E-state index contributed by atoms with van der Waals surface area (Å²) in [5, 5.41) is 0. The van der Waals surface area contributed by atoms with Crippen LogP contribution in [-0.2, 0) is 19.1 Å². The van der Waals surface area contributed by atoms with Crippen molar-refractivity contribution >= 4 is 18.2 Å². The Kier molecular flexibility index (Phi) is 4.91. The molecular weight excluding hydrogens is 354 g/mol. The van der Waals surface area contributed by atoms with Gasteiger partial charge in [0.2, 0.25) is 6.41 Å². The van der Waals surface area contributed by atoms with E-state index in [1.54, 1.807) is 4.90 Å². The van der Waals surface area contributed by atoms with Crippen molar-refractivity contribution in [3.05, 3.63) is 11.6 Å². The highest BCUT2D eigenvalue weighted by Crippen LogP contribution is 2.65. The number of rotatable bonds is 4. The molecule has 6 atom stereocenters. The fourth-order valence-corrected chi connectivity index (χ4v) is 7.49. The number of esters is 1. The first kappa shape index (κ1) is 19.7. The van der Waals surface area contributed by atoms with Gasteiger partial charge in [0.15, 0.2) is 5.78 Å². The standard InChI is InChI=1S/C23H33NO4/c1-15(26)28-21-7-6-19-18-5-4-16-12-17(27)8-11-23(16,13-24(3)14-25)20(18)9-10-22(19,21)2/h12,14,18-21H,4-11,13H2,1-3H3/t18-,19-,20-,21?,22-,23+/m0/s1. The van der Waals surface area contributed by atoms with Crippen LogP contribution in [0, 0.1) is 28.6 Å². The van der Waals surface area contributed by atoms with Crippen molar-refractivity contribution in [2.75, 3.05) is 13.6 Å². The van der Waals surface area contributed by atoms with Gasteiger partial charge in [0.05, 0.1) is 0 Å². The van der Waals surface area contributed by atoms with Gasteiger partial charge in [-0.25, -0.2) is 0 Å². The molecule has 1 amide bonds. The summed E-state index contributed by atoms with van der Waals surface area (Å²) in [6.07, 6.45) is 10.6. The Morgan fingerprint density at radius 3 is 2.71 bits per heavy atom. The van der Waals surface area contributed by atoms with Crippen molar-refractivity contribution in [2.24, 2.45) is 28.6 Å². The third-order valence-corrected chi connectivity index (χ3v) is 8.62. The van der Waals surface area contributed by atoms with Crippen LogP contribution in [0.5, 0.6) is 0 Å². The van der Waals surface area contributed by atoms with Gasteiger partial charge in [-0.3, -0.25) is 14.4 Å². The molecule has 4 rings (SSSR count). The second-order valence-electron chi connectivity index (χ2n) is 9.95. The van der Waals surface area contributed by atoms with Crippen molar-refractivity contribution in [3.8, 4) is 0 Å². The lowest BCUT2D eigenvalue weighted by Gasteiger charge is -2.59. The summed E-state index contributed by atoms with van der Waals surface area (Å²) in [5.41, 5.74) is 1.31. The minimum absolute atomic E-state index is 0.0365. The van der Waals surface area contributed by atoms with Crippen LogP contribution in [0.3, 0.4) is 0 Å². The molecule has 3 saturated carbocycles. The van der Waals surface area contributed by atoms with Gasteiger partial charge in [0, 0.05) is 37.8 Å². The number of nitrogens with zero attached hydrogens (tertiary/aromatic N) is 1. The van der Waals surface area contributed by atoms with Gasteiger partial charge in [0.25, 0.3) is 0 Å². The Labute approximate surface area is 167 Å². The lowest BCUT2D eigenvalue weighted by Crippen LogP contribution is -2.55. The monoisotopic (exact) mass is 387 g/mol. The van der Waals surface area contributed by atoms with Crippen LogP contribution in [0.2, 0.25) is 0 Å². The molecule has 28 heavy (non-hydrogen) atoms. The van der Waals surface area contributed by atoms with Gasteiger partial charge in [-0.2, -0.15) is 0 Å². The molecule has 0 spiro atoms. The maximum atomic E-state index is 12.1. The number of carbonyl (C=O) groups is 3. The Hall–Kier alpha value is -1.65. The number of fused-ring (bicyclic) bond motifs is 5. The molecule has 0 aromatic heterocycles. The molecule has 0 aromatic carbocycles. The molecule has 0 aliphatic heterocycles. The number of ketones is 1. The average molecular weight is 388 g/mol. The molecule has 5 nitrogen and oxygen atoms in total. The van der Waals surface area contributed by atoms with Crippen LogP contribution in [0.15, 0.2) is 11.6 Å². The highest BCUT2D eigenvalue weighted by Gasteiger charge is 2.61. The summed E-state index contributed by atoms with van der Waals surface area (Å²) >= 11 is 0. The predicted molar refractivity (Wildman–Crippen MR) is 105 cm³/mol. The fourth-order valence-electron chi connectivity index (χ4n) is 7.49. The van der Waals surface area contributed by atoms with Crippen LogP contribution in [0.4, 0.5) is 0 Å². The molecule has 0 N–H and O–H groups in total. The molecule has 0 heterocycles. The average Bonchev–Trinajstić information content (AvgIpc) is 2.98. The molecule has 0 bridgehead atoms. The maximum Gasteiger partial charge on any atom is 0.302 e. The van der Waals surface area contributed by atoms with E-state index in [2.05, 4.69) is 6.92 Å². The van der Waals surface area contributed by atoms with Crippen LogP contribution in [0.1, 0.15) is 65.2 Å². The lowest BCUT2D eigenvalue weighted by atomic mass is 9.46. The normalized spacial score (nSPS) is 42.0. The number of hydrogen-bond donors (Lipinski definition) is 0. The van der Waals surface area contributed by atoms with Gasteiger partial charge in [-0.1, -0.05) is 12.5 Å². The molecule has 4 aliphatic rings. The van der Waals surface area contributed by atoms with Crippen molar-refractivity contribution in [1.29, 1.82) is 0 Å². The van der Waals surface area contributed by atoms with Crippen LogP contribution >= 0.6 is 0 Å².